The van der Waals surface area contributed by atoms with Crippen molar-refractivity contribution in [1.29, 1.82) is 0 Å². The van der Waals surface area contributed by atoms with E-state index in [-0.39, 0.29) is 13.2 Å². The fraction of sp³-hybridized carbons (Fsp3) is 0.556. The predicted molar refractivity (Wildman–Crippen MR) is 128 cm³/mol. The Morgan fingerprint density at radius 2 is 1.07 bits per heavy atom. The van der Waals surface area contributed by atoms with E-state index in [1.165, 1.54) is 67.2 Å². The molecule has 0 saturated carbocycles. The molecule has 0 saturated heterocycles. The molecule has 0 aliphatic carbocycles. The Morgan fingerprint density at radius 1 is 0.633 bits per heavy atom. The average molecular weight is 412 g/mol. The zero-order valence-electron chi connectivity index (χ0n) is 18.8. The van der Waals surface area contributed by atoms with Crippen molar-refractivity contribution in [1.82, 2.24) is 0 Å². The molecule has 0 fully saturated rings. The third kappa shape index (κ3) is 8.59. The lowest BCUT2D eigenvalue weighted by molar-refractivity contribution is 0.112. The summed E-state index contributed by atoms with van der Waals surface area (Å²) >= 11 is 0. The van der Waals surface area contributed by atoms with Crippen molar-refractivity contribution < 1.29 is 10.2 Å². The maximum absolute atomic E-state index is 9.25. The van der Waals surface area contributed by atoms with Crippen molar-refractivity contribution in [3.05, 3.63) is 59.7 Å². The van der Waals surface area contributed by atoms with Gasteiger partial charge < -0.3 is 15.9 Å². The Hall–Kier alpha value is -1.68. The second-order valence-corrected chi connectivity index (χ2v) is 8.80. The monoisotopic (exact) mass is 411 g/mol. The summed E-state index contributed by atoms with van der Waals surface area (Å²) in [5.41, 5.74) is 10.4. The van der Waals surface area contributed by atoms with Crippen molar-refractivity contribution in [2.24, 2.45) is 5.73 Å². The SMILES string of the molecule is CCCCCCCCc1ccc(-c2ccc(CCCCC(N)(CO)CO)cc2)cc1. The summed E-state index contributed by atoms with van der Waals surface area (Å²) in [5, 5.41) is 18.5. The van der Waals surface area contributed by atoms with Crippen molar-refractivity contribution in [2.45, 2.75) is 83.1 Å². The Morgan fingerprint density at radius 3 is 1.53 bits per heavy atom. The van der Waals surface area contributed by atoms with Gasteiger partial charge in [0.25, 0.3) is 0 Å². The molecule has 3 nitrogen and oxygen atoms in total. The molecule has 3 heteroatoms. The van der Waals surface area contributed by atoms with Crippen molar-refractivity contribution in [3.63, 3.8) is 0 Å². The van der Waals surface area contributed by atoms with Crippen LogP contribution in [0.5, 0.6) is 0 Å². The predicted octanol–water partition coefficient (Wildman–Crippen LogP) is 5.65. The summed E-state index contributed by atoms with van der Waals surface area (Å²) < 4.78 is 0. The third-order valence-corrected chi connectivity index (χ3v) is 6.08. The van der Waals surface area contributed by atoms with Gasteiger partial charge in [-0.2, -0.15) is 0 Å². The van der Waals surface area contributed by atoms with E-state index >= 15 is 0 Å². The topological polar surface area (TPSA) is 66.5 Å². The molecule has 0 radical (unpaired) electrons. The summed E-state index contributed by atoms with van der Waals surface area (Å²) in [4.78, 5) is 0. The minimum atomic E-state index is -0.842. The van der Waals surface area contributed by atoms with Crippen LogP contribution in [0.1, 0.15) is 75.8 Å². The van der Waals surface area contributed by atoms with Gasteiger partial charge in [-0.25, -0.2) is 0 Å². The van der Waals surface area contributed by atoms with E-state index in [0.29, 0.717) is 6.42 Å². The van der Waals surface area contributed by atoms with Gasteiger partial charge in [0.15, 0.2) is 0 Å². The summed E-state index contributed by atoms with van der Waals surface area (Å²) in [6.45, 7) is 1.92. The smallest absolute Gasteiger partial charge is 0.0633 e. The highest BCUT2D eigenvalue weighted by Crippen LogP contribution is 2.22. The Bertz CT molecular complexity index is 690. The van der Waals surface area contributed by atoms with Crippen molar-refractivity contribution in [3.8, 4) is 11.1 Å². The van der Waals surface area contributed by atoms with E-state index in [1.54, 1.807) is 0 Å². The molecule has 0 unspecified atom stereocenters. The van der Waals surface area contributed by atoms with E-state index in [9.17, 15) is 10.2 Å². The first-order valence-corrected chi connectivity index (χ1v) is 11.8. The van der Waals surface area contributed by atoms with E-state index in [2.05, 4.69) is 55.5 Å². The number of hydrogen-bond acceptors (Lipinski definition) is 3. The Labute approximate surface area is 183 Å². The lowest BCUT2D eigenvalue weighted by Gasteiger charge is -2.24. The lowest BCUT2D eigenvalue weighted by atomic mass is 9.94. The highest BCUT2D eigenvalue weighted by Gasteiger charge is 2.21. The van der Waals surface area contributed by atoms with Crippen LogP contribution in [0.2, 0.25) is 0 Å². The highest BCUT2D eigenvalue weighted by atomic mass is 16.3. The molecule has 0 spiro atoms. The van der Waals surface area contributed by atoms with Crippen LogP contribution in [0.25, 0.3) is 11.1 Å². The van der Waals surface area contributed by atoms with Gasteiger partial charge in [-0.1, -0.05) is 94.0 Å². The molecule has 30 heavy (non-hydrogen) atoms. The number of unbranched alkanes of at least 4 members (excludes halogenated alkanes) is 6. The lowest BCUT2D eigenvalue weighted by Crippen LogP contribution is -2.47. The van der Waals surface area contributed by atoms with E-state index < -0.39 is 5.54 Å². The molecule has 0 atom stereocenters. The van der Waals surface area contributed by atoms with E-state index in [4.69, 9.17) is 5.73 Å². The van der Waals surface area contributed by atoms with Gasteiger partial charge in [0.1, 0.15) is 0 Å². The standard InChI is InChI=1S/C27H41NO2/c1-2-3-4-5-6-7-10-23-12-16-25(17-13-23)26-18-14-24(15-19-26)11-8-9-20-27(28,21-29)22-30/h12-19,29-30H,2-11,20-22,28H2,1H3. The van der Waals surface area contributed by atoms with Gasteiger partial charge in [-0.05, 0) is 54.4 Å². The van der Waals surface area contributed by atoms with Crippen LogP contribution in [0, 0.1) is 0 Å². The molecule has 0 bridgehead atoms. The minimum absolute atomic E-state index is 0.171. The fourth-order valence-electron chi connectivity index (χ4n) is 3.85. The van der Waals surface area contributed by atoms with E-state index in [0.717, 1.165) is 19.3 Å². The Kier molecular flexibility index (Phi) is 11.1. The molecule has 0 amide bonds. The second-order valence-electron chi connectivity index (χ2n) is 8.80. The van der Waals surface area contributed by atoms with Crippen molar-refractivity contribution >= 4 is 0 Å². The molecule has 0 aliphatic rings. The van der Waals surface area contributed by atoms with Crippen molar-refractivity contribution in [2.75, 3.05) is 13.2 Å². The molecular weight excluding hydrogens is 370 g/mol. The van der Waals surface area contributed by atoms with Crippen LogP contribution in [0.15, 0.2) is 48.5 Å². The van der Waals surface area contributed by atoms with Crippen LogP contribution in [-0.2, 0) is 12.8 Å². The molecule has 2 aromatic rings. The van der Waals surface area contributed by atoms with Crippen LogP contribution in [0.3, 0.4) is 0 Å². The molecule has 166 valence electrons. The summed E-state index contributed by atoms with van der Waals surface area (Å²) in [6, 6.07) is 17.8. The van der Waals surface area contributed by atoms with Crippen LogP contribution >= 0.6 is 0 Å². The van der Waals surface area contributed by atoms with E-state index in [1.807, 2.05) is 0 Å². The first kappa shape index (κ1) is 24.6. The van der Waals surface area contributed by atoms with Gasteiger partial charge in [0.2, 0.25) is 0 Å². The normalized spacial score (nSPS) is 11.7. The first-order chi connectivity index (χ1) is 14.6. The number of nitrogens with two attached hydrogens (primary N) is 1. The number of aliphatic hydroxyl groups excluding tert-OH is 2. The number of benzene rings is 2. The van der Waals surface area contributed by atoms with Gasteiger partial charge in [-0.3, -0.25) is 0 Å². The molecule has 2 rings (SSSR count). The number of aryl methyl sites for hydroxylation is 2. The average Bonchev–Trinajstić information content (AvgIpc) is 2.80. The Balaban J connectivity index is 1.75. The fourth-order valence-corrected chi connectivity index (χ4v) is 3.85. The van der Waals surface area contributed by atoms with Gasteiger partial charge in [-0.15, -0.1) is 0 Å². The third-order valence-electron chi connectivity index (χ3n) is 6.08. The maximum atomic E-state index is 9.25. The minimum Gasteiger partial charge on any atom is -0.394 e. The second kappa shape index (κ2) is 13.6. The molecular formula is C27H41NO2. The van der Waals surface area contributed by atoms with Crippen LogP contribution in [-0.4, -0.2) is 29.0 Å². The molecule has 4 N–H and O–H groups in total. The molecule has 0 aliphatic heterocycles. The summed E-state index contributed by atoms with van der Waals surface area (Å²) in [6.07, 6.45) is 12.8. The zero-order chi connectivity index (χ0) is 21.7. The van der Waals surface area contributed by atoms with Crippen LogP contribution < -0.4 is 5.73 Å². The van der Waals surface area contributed by atoms with Crippen LogP contribution in [0.4, 0.5) is 0 Å². The molecule has 0 aromatic heterocycles. The maximum Gasteiger partial charge on any atom is 0.0633 e. The quantitative estimate of drug-likeness (QED) is 0.332. The largest absolute Gasteiger partial charge is 0.394 e. The molecule has 0 heterocycles. The zero-order valence-corrected chi connectivity index (χ0v) is 18.8. The number of rotatable bonds is 15. The van der Waals surface area contributed by atoms with Gasteiger partial charge in [0.05, 0.1) is 18.8 Å². The highest BCUT2D eigenvalue weighted by molar-refractivity contribution is 5.63. The number of aliphatic hydroxyl groups is 2. The number of hydrogen-bond donors (Lipinski definition) is 3. The van der Waals surface area contributed by atoms with Gasteiger partial charge >= 0.3 is 0 Å². The first-order valence-electron chi connectivity index (χ1n) is 11.8. The summed E-state index contributed by atoms with van der Waals surface area (Å²) in [7, 11) is 0. The summed E-state index contributed by atoms with van der Waals surface area (Å²) in [5.74, 6) is 0. The molecule has 2 aromatic carbocycles. The van der Waals surface area contributed by atoms with Gasteiger partial charge in [0, 0.05) is 0 Å².